The summed E-state index contributed by atoms with van der Waals surface area (Å²) in [4.78, 5) is 14.5. The molecule has 1 N–H and O–H groups in total. The predicted molar refractivity (Wildman–Crippen MR) is 94.6 cm³/mol. The Morgan fingerprint density at radius 1 is 1.00 bits per heavy atom. The van der Waals surface area contributed by atoms with Gasteiger partial charge in [-0.15, -0.1) is 0 Å². The van der Waals surface area contributed by atoms with Gasteiger partial charge >= 0.3 is 0 Å². The molecule has 0 aromatic heterocycles. The van der Waals surface area contributed by atoms with Crippen LogP contribution in [0.5, 0.6) is 0 Å². The Labute approximate surface area is 143 Å². The summed E-state index contributed by atoms with van der Waals surface area (Å²) in [5, 5.41) is 2.88. The first-order valence-corrected chi connectivity index (χ1v) is 9.46. The van der Waals surface area contributed by atoms with Gasteiger partial charge in [0.05, 0.1) is 4.90 Å². The standard InChI is InChI=1S/C18H22N2O3S/c1-20(2)13-16-7-5-4-6-15(16)12-19-18(21)14-8-10-17(11-9-14)24(3,22)23/h4-11H,12-13H2,1-3H3,(H,19,21). The lowest BCUT2D eigenvalue weighted by atomic mass is 10.1. The topological polar surface area (TPSA) is 66.5 Å². The van der Waals surface area contributed by atoms with Crippen molar-refractivity contribution in [1.29, 1.82) is 0 Å². The van der Waals surface area contributed by atoms with Gasteiger partial charge in [0.1, 0.15) is 0 Å². The second kappa shape index (κ2) is 7.59. The van der Waals surface area contributed by atoms with Crippen molar-refractivity contribution >= 4 is 15.7 Å². The molecule has 0 spiro atoms. The second-order valence-corrected chi connectivity index (χ2v) is 8.00. The van der Waals surface area contributed by atoms with Crippen LogP contribution < -0.4 is 5.32 Å². The van der Waals surface area contributed by atoms with Gasteiger partial charge in [-0.1, -0.05) is 24.3 Å². The van der Waals surface area contributed by atoms with E-state index in [1.807, 2.05) is 38.4 Å². The summed E-state index contributed by atoms with van der Waals surface area (Å²) in [6.07, 6.45) is 1.14. The first-order chi connectivity index (χ1) is 11.3. The van der Waals surface area contributed by atoms with E-state index in [0.717, 1.165) is 23.9 Å². The first-order valence-electron chi connectivity index (χ1n) is 7.57. The van der Waals surface area contributed by atoms with Crippen LogP contribution in [0.15, 0.2) is 53.4 Å². The zero-order valence-electron chi connectivity index (χ0n) is 14.1. The van der Waals surface area contributed by atoms with Crippen molar-refractivity contribution in [2.75, 3.05) is 20.4 Å². The lowest BCUT2D eigenvalue weighted by molar-refractivity contribution is 0.0950. The molecule has 2 rings (SSSR count). The molecule has 0 aliphatic carbocycles. The predicted octanol–water partition coefficient (Wildman–Crippen LogP) is 2.08. The number of carbonyl (C=O) groups excluding carboxylic acids is 1. The van der Waals surface area contributed by atoms with Gasteiger partial charge < -0.3 is 10.2 Å². The maximum absolute atomic E-state index is 12.2. The van der Waals surface area contributed by atoms with Crippen molar-refractivity contribution in [1.82, 2.24) is 10.2 Å². The molecular weight excluding hydrogens is 324 g/mol. The molecular formula is C18H22N2O3S. The van der Waals surface area contributed by atoms with Crippen LogP contribution in [0.4, 0.5) is 0 Å². The molecule has 1 amide bonds. The summed E-state index contributed by atoms with van der Waals surface area (Å²) >= 11 is 0. The van der Waals surface area contributed by atoms with Crippen LogP contribution in [0.25, 0.3) is 0 Å². The number of hydrogen-bond acceptors (Lipinski definition) is 4. The Morgan fingerprint density at radius 3 is 2.12 bits per heavy atom. The molecule has 0 unspecified atom stereocenters. The lowest BCUT2D eigenvalue weighted by Crippen LogP contribution is -2.24. The third kappa shape index (κ3) is 4.91. The van der Waals surface area contributed by atoms with Gasteiger partial charge in [-0.25, -0.2) is 8.42 Å². The van der Waals surface area contributed by atoms with Gasteiger partial charge in [-0.2, -0.15) is 0 Å². The van der Waals surface area contributed by atoms with Crippen LogP contribution in [-0.2, 0) is 22.9 Å². The van der Waals surface area contributed by atoms with Gasteiger partial charge in [-0.3, -0.25) is 4.79 Å². The molecule has 0 bridgehead atoms. The quantitative estimate of drug-likeness (QED) is 0.870. The number of nitrogens with one attached hydrogen (secondary N) is 1. The number of nitrogens with zero attached hydrogens (tertiary/aromatic N) is 1. The average Bonchev–Trinajstić information content (AvgIpc) is 2.52. The van der Waals surface area contributed by atoms with Gasteiger partial charge in [0, 0.05) is 24.9 Å². The minimum absolute atomic E-state index is 0.204. The van der Waals surface area contributed by atoms with Crippen LogP contribution >= 0.6 is 0 Å². The van der Waals surface area contributed by atoms with Crippen molar-refractivity contribution < 1.29 is 13.2 Å². The SMILES string of the molecule is CN(C)Cc1ccccc1CNC(=O)c1ccc(S(C)(=O)=O)cc1. The smallest absolute Gasteiger partial charge is 0.251 e. The lowest BCUT2D eigenvalue weighted by Gasteiger charge is -2.14. The second-order valence-electron chi connectivity index (χ2n) is 5.99. The molecule has 24 heavy (non-hydrogen) atoms. The highest BCUT2D eigenvalue weighted by Gasteiger charge is 2.10. The Kier molecular flexibility index (Phi) is 5.75. The van der Waals surface area contributed by atoms with Crippen LogP contribution in [0, 0.1) is 0 Å². The largest absolute Gasteiger partial charge is 0.348 e. The molecule has 128 valence electrons. The molecule has 6 heteroatoms. The van der Waals surface area contributed by atoms with Gasteiger partial charge in [0.2, 0.25) is 0 Å². The number of sulfone groups is 1. The number of rotatable bonds is 6. The molecule has 0 aliphatic heterocycles. The first kappa shape index (κ1) is 18.2. The fourth-order valence-electron chi connectivity index (χ4n) is 2.36. The normalized spacial score (nSPS) is 11.5. The van der Waals surface area contributed by atoms with Crippen molar-refractivity contribution in [2.24, 2.45) is 0 Å². The molecule has 0 atom stereocenters. The van der Waals surface area contributed by atoms with Gasteiger partial charge in [0.15, 0.2) is 9.84 Å². The van der Waals surface area contributed by atoms with Crippen molar-refractivity contribution in [3.8, 4) is 0 Å². The minimum Gasteiger partial charge on any atom is -0.348 e. The molecule has 0 saturated heterocycles. The van der Waals surface area contributed by atoms with Crippen LogP contribution in [-0.4, -0.2) is 39.6 Å². The monoisotopic (exact) mass is 346 g/mol. The van der Waals surface area contributed by atoms with E-state index in [4.69, 9.17) is 0 Å². The molecule has 0 saturated carbocycles. The Bertz CT molecular complexity index is 812. The molecule has 0 fully saturated rings. The maximum atomic E-state index is 12.2. The number of carbonyl (C=O) groups is 1. The third-order valence-corrected chi connectivity index (χ3v) is 4.72. The van der Waals surface area contributed by atoms with Crippen LogP contribution in [0.1, 0.15) is 21.5 Å². The number of hydrogen-bond donors (Lipinski definition) is 1. The van der Waals surface area contributed by atoms with Crippen molar-refractivity contribution in [2.45, 2.75) is 18.0 Å². The molecule has 0 radical (unpaired) electrons. The van der Waals surface area contributed by atoms with Gasteiger partial charge in [-0.05, 0) is 49.5 Å². The maximum Gasteiger partial charge on any atom is 0.251 e. The Balaban J connectivity index is 2.06. The van der Waals surface area contributed by atoms with Gasteiger partial charge in [0.25, 0.3) is 5.91 Å². The highest BCUT2D eigenvalue weighted by atomic mass is 32.2. The highest BCUT2D eigenvalue weighted by Crippen LogP contribution is 2.12. The average molecular weight is 346 g/mol. The summed E-state index contributed by atoms with van der Waals surface area (Å²) in [5.41, 5.74) is 2.66. The zero-order valence-corrected chi connectivity index (χ0v) is 14.9. The van der Waals surface area contributed by atoms with E-state index < -0.39 is 9.84 Å². The Morgan fingerprint density at radius 2 is 1.58 bits per heavy atom. The Hall–Kier alpha value is -2.18. The van der Waals surface area contributed by atoms with E-state index in [-0.39, 0.29) is 10.8 Å². The summed E-state index contributed by atoms with van der Waals surface area (Å²) in [7, 11) is 0.743. The summed E-state index contributed by atoms with van der Waals surface area (Å²) < 4.78 is 22.9. The van der Waals surface area contributed by atoms with E-state index in [9.17, 15) is 13.2 Å². The molecule has 5 nitrogen and oxygen atoms in total. The van der Waals surface area contributed by atoms with E-state index >= 15 is 0 Å². The third-order valence-electron chi connectivity index (χ3n) is 3.59. The number of benzene rings is 2. The summed E-state index contributed by atoms with van der Waals surface area (Å²) in [5.74, 6) is -0.227. The van der Waals surface area contributed by atoms with Crippen molar-refractivity contribution in [3.63, 3.8) is 0 Å². The highest BCUT2D eigenvalue weighted by molar-refractivity contribution is 7.90. The summed E-state index contributed by atoms with van der Waals surface area (Å²) in [6, 6.07) is 13.9. The van der Waals surface area contributed by atoms with Crippen LogP contribution in [0.2, 0.25) is 0 Å². The summed E-state index contributed by atoms with van der Waals surface area (Å²) in [6.45, 7) is 1.23. The van der Waals surface area contributed by atoms with Crippen molar-refractivity contribution in [3.05, 3.63) is 65.2 Å². The van der Waals surface area contributed by atoms with E-state index in [2.05, 4.69) is 10.2 Å². The van der Waals surface area contributed by atoms with Crippen LogP contribution in [0.3, 0.4) is 0 Å². The van der Waals surface area contributed by atoms with E-state index in [0.29, 0.717) is 12.1 Å². The fraction of sp³-hybridized carbons (Fsp3) is 0.278. The zero-order chi connectivity index (χ0) is 17.7. The minimum atomic E-state index is -3.25. The molecule has 2 aromatic carbocycles. The van der Waals surface area contributed by atoms with E-state index in [1.54, 1.807) is 0 Å². The number of amides is 1. The van der Waals surface area contributed by atoms with E-state index in [1.165, 1.54) is 24.3 Å². The fourth-order valence-corrected chi connectivity index (χ4v) is 2.99. The molecule has 0 heterocycles. The molecule has 2 aromatic rings. The molecule has 0 aliphatic rings.